The Kier molecular flexibility index (Phi) is 7.48. The number of hydrogen-bond acceptors (Lipinski definition) is 4. The van der Waals surface area contributed by atoms with E-state index in [0.29, 0.717) is 17.2 Å². The SMILES string of the molecule is [2H]c1c([2H])c([2H])c(-c2cccc(-c3c([2H])c([2H])c([2H])c([2H])c3[2H])c2N2C(=[CH-])N(c3[c-]c(Oc4[c-]c5c(cc4)c4ccccc4n5-c4cc(C(C)(C)C)ccn4)ccc3)C(C)(C)C2(C)C)c([2H])c1[2H].[Pt]. The van der Waals surface area contributed by atoms with E-state index in [4.69, 9.17) is 30.0 Å². The third-order valence-electron chi connectivity index (χ3n) is 11.5. The second-order valence-electron chi connectivity index (χ2n) is 16.4. The van der Waals surface area contributed by atoms with Crippen LogP contribution in [0.15, 0.2) is 157 Å². The van der Waals surface area contributed by atoms with Crippen LogP contribution in [-0.4, -0.2) is 20.6 Å². The number of anilines is 2. The summed E-state index contributed by atoms with van der Waals surface area (Å²) in [6, 6.07) is 27.9. The Morgan fingerprint density at radius 1 is 0.678 bits per heavy atom. The molecule has 8 aromatic rings. The summed E-state index contributed by atoms with van der Waals surface area (Å²) >= 11 is 0. The van der Waals surface area contributed by atoms with Crippen molar-refractivity contribution in [3.63, 3.8) is 0 Å². The molecule has 0 bridgehead atoms. The van der Waals surface area contributed by atoms with Crippen LogP contribution in [0.1, 0.15) is 67.7 Å². The fraction of sp³-hybridized carbons (Fsp3) is 0.189. The Labute approximate surface area is 376 Å². The fourth-order valence-electron chi connectivity index (χ4n) is 7.92. The van der Waals surface area contributed by atoms with Gasteiger partial charge in [0.25, 0.3) is 0 Å². The molecule has 0 aliphatic carbocycles. The Morgan fingerprint density at radius 3 is 1.95 bits per heavy atom. The molecular weight excluding hydrogens is 904 g/mol. The van der Waals surface area contributed by atoms with Gasteiger partial charge < -0.3 is 25.7 Å². The van der Waals surface area contributed by atoms with Crippen LogP contribution in [0.4, 0.5) is 11.4 Å². The largest absolute Gasteiger partial charge is 0.509 e. The smallest absolute Gasteiger partial charge is 0.135 e. The van der Waals surface area contributed by atoms with Crippen molar-refractivity contribution in [2.45, 2.75) is 65.0 Å². The number of ether oxygens (including phenoxy) is 1. The van der Waals surface area contributed by atoms with Crippen molar-refractivity contribution in [1.29, 1.82) is 0 Å². The number of fused-ring (bicyclic) bond motifs is 3. The number of nitrogens with zero attached hydrogens (tertiary/aromatic N) is 4. The molecule has 3 heterocycles. The summed E-state index contributed by atoms with van der Waals surface area (Å²) < 4.78 is 95.9. The molecule has 6 aromatic carbocycles. The average Bonchev–Trinajstić information content (AvgIpc) is 3.69. The van der Waals surface area contributed by atoms with Gasteiger partial charge in [-0.25, -0.2) is 4.98 Å². The predicted molar refractivity (Wildman–Crippen MR) is 240 cm³/mol. The van der Waals surface area contributed by atoms with E-state index in [1.54, 1.807) is 29.2 Å². The summed E-state index contributed by atoms with van der Waals surface area (Å²) in [7, 11) is 0. The summed E-state index contributed by atoms with van der Waals surface area (Å²) in [4.78, 5) is 8.41. The molecule has 1 saturated heterocycles. The van der Waals surface area contributed by atoms with Gasteiger partial charge in [-0.15, -0.1) is 35.7 Å². The molecule has 0 amide bonds. The molecule has 1 aliphatic heterocycles. The molecule has 2 aromatic heterocycles. The Morgan fingerprint density at radius 2 is 1.29 bits per heavy atom. The van der Waals surface area contributed by atoms with Crippen molar-refractivity contribution in [2.75, 3.05) is 9.80 Å². The van der Waals surface area contributed by atoms with Gasteiger partial charge in [0.1, 0.15) is 5.82 Å². The van der Waals surface area contributed by atoms with E-state index >= 15 is 0 Å². The molecule has 0 radical (unpaired) electrons. The first kappa shape index (κ1) is 29.3. The topological polar surface area (TPSA) is 33.5 Å². The van der Waals surface area contributed by atoms with Crippen LogP contribution in [0, 0.1) is 18.7 Å². The molecule has 298 valence electrons. The maximum atomic E-state index is 9.05. The van der Waals surface area contributed by atoms with Gasteiger partial charge in [-0.2, -0.15) is 12.1 Å². The van der Waals surface area contributed by atoms with Crippen molar-refractivity contribution in [2.24, 2.45) is 0 Å². The van der Waals surface area contributed by atoms with Crippen molar-refractivity contribution < 1.29 is 39.5 Å². The summed E-state index contributed by atoms with van der Waals surface area (Å²) in [5, 5.41) is 2.02. The van der Waals surface area contributed by atoms with Gasteiger partial charge in [-0.1, -0.05) is 135 Å². The van der Waals surface area contributed by atoms with Crippen LogP contribution in [0.2, 0.25) is 0 Å². The van der Waals surface area contributed by atoms with E-state index in [1.807, 2.05) is 81.3 Å². The third kappa shape index (κ3) is 6.76. The molecule has 0 atom stereocenters. The molecule has 6 heteroatoms. The standard InChI is InChI=1S/C53H47N4O.Pt/c1-36-56(52(5,6)53(7,8)57(36)50-43(37-19-11-9-12-20-37)26-18-27-44(50)38-21-13-10-14-22-38)40-23-17-24-41(34-40)58-42-29-30-46-45-25-15-16-28-47(45)55(48(46)35-42)49-33-39(31-32-54-49)51(2,3)4;/h1,9-33H,2-8H3;/q-3;/i9D,10D,11D,12D,13D,14D,19D,20D,21D,22D;. The first-order valence-electron chi connectivity index (χ1n) is 24.1. The van der Waals surface area contributed by atoms with E-state index in [9.17, 15) is 0 Å². The number of rotatable bonds is 7. The van der Waals surface area contributed by atoms with Crippen LogP contribution >= 0.6 is 0 Å². The summed E-state index contributed by atoms with van der Waals surface area (Å²) in [5.74, 6) is 1.66. The van der Waals surface area contributed by atoms with E-state index in [0.717, 1.165) is 33.2 Å². The Bertz CT molecular complexity index is 3290. The fourth-order valence-corrected chi connectivity index (χ4v) is 7.92. The maximum absolute atomic E-state index is 9.05. The summed E-state index contributed by atoms with van der Waals surface area (Å²) in [6.07, 6.45) is 1.83. The van der Waals surface area contributed by atoms with Gasteiger partial charge in [0.2, 0.25) is 0 Å². The molecule has 5 nitrogen and oxygen atoms in total. The molecule has 9 rings (SSSR count). The summed E-state index contributed by atoms with van der Waals surface area (Å²) in [5.41, 5.74) is 1.51. The normalized spacial score (nSPS) is 17.2. The quantitative estimate of drug-likeness (QED) is 0.149. The number of para-hydroxylation sites is 2. The molecule has 1 fully saturated rings. The number of benzene rings is 6. The Balaban J connectivity index is 0.00000642. The number of pyridine rings is 1. The van der Waals surface area contributed by atoms with Crippen LogP contribution in [-0.2, 0) is 26.5 Å². The number of aromatic nitrogens is 2. The zero-order valence-corrected chi connectivity index (χ0v) is 36.0. The average molecular weight is 961 g/mol. The molecule has 0 spiro atoms. The molecule has 0 unspecified atom stereocenters. The first-order valence-corrected chi connectivity index (χ1v) is 19.1. The molecular formula is C53H47N4OPt-3. The molecule has 59 heavy (non-hydrogen) atoms. The minimum absolute atomic E-state index is 0. The van der Waals surface area contributed by atoms with E-state index in [2.05, 4.69) is 55.7 Å². The molecule has 0 N–H and O–H groups in total. The van der Waals surface area contributed by atoms with Crippen molar-refractivity contribution in [3.05, 3.63) is 182 Å². The van der Waals surface area contributed by atoms with Crippen molar-refractivity contribution in [1.82, 2.24) is 9.55 Å². The summed E-state index contributed by atoms with van der Waals surface area (Å²) in [6.45, 7) is 21.7. The second-order valence-corrected chi connectivity index (χ2v) is 16.4. The van der Waals surface area contributed by atoms with E-state index in [1.165, 1.54) is 0 Å². The zero-order valence-electron chi connectivity index (χ0n) is 43.8. The monoisotopic (exact) mass is 960 g/mol. The maximum Gasteiger partial charge on any atom is 0.135 e. The van der Waals surface area contributed by atoms with Gasteiger partial charge in [-0.3, -0.25) is 0 Å². The molecule has 1 aliphatic rings. The van der Waals surface area contributed by atoms with E-state index < -0.39 is 71.5 Å². The van der Waals surface area contributed by atoms with Gasteiger partial charge >= 0.3 is 0 Å². The van der Waals surface area contributed by atoms with Gasteiger partial charge in [0, 0.05) is 55.4 Å². The first-order chi connectivity index (χ1) is 32.0. The van der Waals surface area contributed by atoms with Crippen LogP contribution in [0.5, 0.6) is 11.5 Å². The van der Waals surface area contributed by atoms with Gasteiger partial charge in [-0.05, 0) is 73.4 Å². The van der Waals surface area contributed by atoms with Crippen molar-refractivity contribution >= 4 is 33.2 Å². The minimum Gasteiger partial charge on any atom is -0.509 e. The third-order valence-corrected chi connectivity index (χ3v) is 11.5. The molecule has 0 saturated carbocycles. The van der Waals surface area contributed by atoms with Crippen LogP contribution in [0.3, 0.4) is 0 Å². The van der Waals surface area contributed by atoms with Gasteiger partial charge in [0.15, 0.2) is 0 Å². The predicted octanol–water partition coefficient (Wildman–Crippen LogP) is 13.4. The van der Waals surface area contributed by atoms with Gasteiger partial charge in [0.05, 0.1) is 30.5 Å². The van der Waals surface area contributed by atoms with Crippen LogP contribution < -0.4 is 14.5 Å². The van der Waals surface area contributed by atoms with Crippen LogP contribution in [0.25, 0.3) is 49.9 Å². The number of hydrogen-bond donors (Lipinski definition) is 0. The second kappa shape index (κ2) is 15.0. The Hall–Kier alpha value is -5.90. The zero-order chi connectivity index (χ0) is 49.1. The minimum atomic E-state index is -1.03. The van der Waals surface area contributed by atoms with E-state index in [-0.39, 0.29) is 60.2 Å². The van der Waals surface area contributed by atoms with Crippen molar-refractivity contribution in [3.8, 4) is 39.6 Å².